The first-order valence-corrected chi connectivity index (χ1v) is 13.8. The number of esters is 1. The third-order valence-corrected chi connectivity index (χ3v) is 6.94. The minimum atomic E-state index is -0.454. The molecule has 0 spiro atoms. The summed E-state index contributed by atoms with van der Waals surface area (Å²) >= 11 is 0. The number of rotatable bonds is 8. The highest BCUT2D eigenvalue weighted by Crippen LogP contribution is 2.30. The molecule has 4 unspecified atom stereocenters. The van der Waals surface area contributed by atoms with E-state index in [2.05, 4.69) is 6.92 Å². The fourth-order valence-electron chi connectivity index (χ4n) is 4.90. The molecule has 8 nitrogen and oxygen atoms in total. The molecule has 5 rings (SSSR count). The maximum absolute atomic E-state index is 11.7. The van der Waals surface area contributed by atoms with Gasteiger partial charge in [0.25, 0.3) is 0 Å². The molecule has 4 fully saturated rings. The highest BCUT2D eigenvalue weighted by Gasteiger charge is 2.35. The molecule has 0 amide bonds. The lowest BCUT2D eigenvalue weighted by molar-refractivity contribution is -0.143. The Hall–Kier alpha value is -1.19. The predicted molar refractivity (Wildman–Crippen MR) is 131 cm³/mol. The lowest BCUT2D eigenvalue weighted by atomic mass is 10.1. The van der Waals surface area contributed by atoms with Crippen LogP contribution >= 0.6 is 0 Å². The van der Waals surface area contributed by atoms with Gasteiger partial charge in [0.2, 0.25) is 0 Å². The van der Waals surface area contributed by atoms with Crippen molar-refractivity contribution in [3.63, 3.8) is 0 Å². The molecule has 5 aliphatic rings. The van der Waals surface area contributed by atoms with Crippen LogP contribution < -0.4 is 0 Å². The largest absolute Gasteiger partial charge is 0.465 e. The average Bonchev–Trinajstić information content (AvgIpc) is 3.67. The van der Waals surface area contributed by atoms with Gasteiger partial charge in [0.15, 0.2) is 24.4 Å². The van der Waals surface area contributed by atoms with E-state index in [4.69, 9.17) is 33.5 Å². The molecule has 1 N–H and O–H groups in total. The van der Waals surface area contributed by atoms with Crippen molar-refractivity contribution in [2.75, 3.05) is 26.4 Å². The van der Waals surface area contributed by atoms with Crippen LogP contribution in [-0.4, -0.2) is 68.4 Å². The Balaban J connectivity index is 0.000000199. The second-order valence-electron chi connectivity index (χ2n) is 9.90. The SMILES string of the molecule is CC1=C(OC2CCCO2)C(CCOC2CCCC2)OC1=O.CCCC1CCCO1.OC1CCCO1. The summed E-state index contributed by atoms with van der Waals surface area (Å²) in [5.41, 5.74) is 0.566. The fraction of sp³-hybridized carbons (Fsp3) is 0.889. The van der Waals surface area contributed by atoms with Crippen molar-refractivity contribution in [3.05, 3.63) is 11.3 Å². The summed E-state index contributed by atoms with van der Waals surface area (Å²) < 4.78 is 32.7. The standard InChI is InChI=1S/C16H24O5.C7H14O.C4H8O2/c1-11-15(21-14-7-4-9-19-14)13(20-16(11)17)8-10-18-12-5-2-3-6-12;1-2-4-7-5-3-6-8-7;5-4-2-1-3-6-4/h12-14H,2-10H2,1H3;7H,2-6H2,1H3;4-5H,1-3H2. The zero-order valence-corrected chi connectivity index (χ0v) is 21.7. The number of carbonyl (C=O) groups is 1. The molecule has 0 radical (unpaired) electrons. The third kappa shape index (κ3) is 10.00. The van der Waals surface area contributed by atoms with E-state index in [1.54, 1.807) is 6.92 Å². The molecular weight excluding hydrogens is 452 g/mol. The fourth-order valence-corrected chi connectivity index (χ4v) is 4.90. The molecule has 0 aromatic heterocycles. The van der Waals surface area contributed by atoms with E-state index in [-0.39, 0.29) is 18.4 Å². The maximum Gasteiger partial charge on any atom is 0.338 e. The van der Waals surface area contributed by atoms with Gasteiger partial charge in [-0.2, -0.15) is 0 Å². The van der Waals surface area contributed by atoms with E-state index in [1.807, 2.05) is 0 Å². The quantitative estimate of drug-likeness (QED) is 0.479. The first-order chi connectivity index (χ1) is 17.1. The lowest BCUT2D eigenvalue weighted by Crippen LogP contribution is -2.21. The van der Waals surface area contributed by atoms with Crippen molar-refractivity contribution in [2.24, 2.45) is 0 Å². The molecule has 1 aliphatic carbocycles. The molecule has 4 heterocycles. The summed E-state index contributed by atoms with van der Waals surface area (Å²) in [6.45, 7) is 7.04. The molecule has 4 atom stereocenters. The minimum Gasteiger partial charge on any atom is -0.465 e. The first kappa shape index (κ1) is 28.4. The van der Waals surface area contributed by atoms with Gasteiger partial charge < -0.3 is 33.5 Å². The Morgan fingerprint density at radius 2 is 1.60 bits per heavy atom. The highest BCUT2D eigenvalue weighted by molar-refractivity contribution is 5.91. The summed E-state index contributed by atoms with van der Waals surface area (Å²) in [6, 6.07) is 0. The van der Waals surface area contributed by atoms with Gasteiger partial charge in [0.05, 0.1) is 31.0 Å². The zero-order chi connectivity index (χ0) is 24.9. The summed E-state index contributed by atoms with van der Waals surface area (Å²) in [6.07, 6.45) is 14.3. The molecule has 202 valence electrons. The molecule has 8 heteroatoms. The van der Waals surface area contributed by atoms with E-state index >= 15 is 0 Å². The molecule has 35 heavy (non-hydrogen) atoms. The second-order valence-corrected chi connectivity index (χ2v) is 9.90. The number of cyclic esters (lactones) is 1. The van der Waals surface area contributed by atoms with Crippen LogP contribution in [0.15, 0.2) is 11.3 Å². The molecule has 3 saturated heterocycles. The van der Waals surface area contributed by atoms with E-state index < -0.39 is 6.29 Å². The maximum atomic E-state index is 11.7. The van der Waals surface area contributed by atoms with Gasteiger partial charge >= 0.3 is 5.97 Å². The van der Waals surface area contributed by atoms with Gasteiger partial charge in [-0.1, -0.05) is 26.2 Å². The first-order valence-electron chi connectivity index (χ1n) is 13.8. The van der Waals surface area contributed by atoms with E-state index in [0.717, 1.165) is 58.3 Å². The second kappa shape index (κ2) is 15.8. The molecular formula is C27H46O8. The molecule has 1 saturated carbocycles. The van der Waals surface area contributed by atoms with Crippen LogP contribution in [-0.2, 0) is 33.2 Å². The Morgan fingerprint density at radius 3 is 2.17 bits per heavy atom. The smallest absolute Gasteiger partial charge is 0.338 e. The van der Waals surface area contributed by atoms with Crippen molar-refractivity contribution in [1.29, 1.82) is 0 Å². The van der Waals surface area contributed by atoms with E-state index in [9.17, 15) is 4.79 Å². The molecule has 0 aromatic rings. The van der Waals surface area contributed by atoms with Gasteiger partial charge in [-0.25, -0.2) is 4.79 Å². The minimum absolute atomic E-state index is 0.234. The number of aliphatic hydroxyl groups excluding tert-OH is 1. The molecule has 0 aromatic carbocycles. The molecule has 4 aliphatic heterocycles. The van der Waals surface area contributed by atoms with Crippen molar-refractivity contribution in [2.45, 2.75) is 128 Å². The highest BCUT2D eigenvalue weighted by atomic mass is 16.7. The summed E-state index contributed by atoms with van der Waals surface area (Å²) in [5.74, 6) is 0.357. The van der Waals surface area contributed by atoms with Crippen LogP contribution in [0, 0.1) is 0 Å². The van der Waals surface area contributed by atoms with Crippen molar-refractivity contribution >= 4 is 5.97 Å². The number of hydrogen-bond acceptors (Lipinski definition) is 8. The molecule has 0 bridgehead atoms. The zero-order valence-electron chi connectivity index (χ0n) is 21.7. The van der Waals surface area contributed by atoms with Crippen LogP contribution in [0.5, 0.6) is 0 Å². The van der Waals surface area contributed by atoms with Gasteiger partial charge in [-0.15, -0.1) is 0 Å². The Kier molecular flexibility index (Phi) is 12.8. The Bertz CT molecular complexity index is 627. The van der Waals surface area contributed by atoms with Crippen molar-refractivity contribution in [3.8, 4) is 0 Å². The number of ether oxygens (including phenoxy) is 6. The van der Waals surface area contributed by atoms with Crippen LogP contribution in [0.3, 0.4) is 0 Å². The van der Waals surface area contributed by atoms with Gasteiger partial charge in [-0.05, 0) is 51.9 Å². The van der Waals surface area contributed by atoms with Crippen molar-refractivity contribution < 1.29 is 38.3 Å². The van der Waals surface area contributed by atoms with Crippen LogP contribution in [0.1, 0.15) is 97.3 Å². The average molecular weight is 499 g/mol. The normalized spacial score (nSPS) is 30.7. The van der Waals surface area contributed by atoms with Gasteiger partial charge in [0, 0.05) is 32.5 Å². The Morgan fingerprint density at radius 1 is 0.886 bits per heavy atom. The van der Waals surface area contributed by atoms with Gasteiger partial charge in [0.1, 0.15) is 0 Å². The predicted octanol–water partition coefficient (Wildman–Crippen LogP) is 4.77. The Labute approximate surface area is 210 Å². The summed E-state index contributed by atoms with van der Waals surface area (Å²) in [7, 11) is 0. The third-order valence-electron chi connectivity index (χ3n) is 6.94. The number of aliphatic hydroxyl groups is 1. The van der Waals surface area contributed by atoms with Crippen LogP contribution in [0.2, 0.25) is 0 Å². The monoisotopic (exact) mass is 498 g/mol. The van der Waals surface area contributed by atoms with Gasteiger partial charge in [-0.3, -0.25) is 0 Å². The van der Waals surface area contributed by atoms with Crippen LogP contribution in [0.25, 0.3) is 0 Å². The topological polar surface area (TPSA) is 92.7 Å². The summed E-state index contributed by atoms with van der Waals surface area (Å²) in [5, 5.41) is 8.51. The van der Waals surface area contributed by atoms with Crippen molar-refractivity contribution in [1.82, 2.24) is 0 Å². The number of carbonyl (C=O) groups excluding carboxylic acids is 1. The number of hydrogen-bond donors (Lipinski definition) is 1. The van der Waals surface area contributed by atoms with E-state index in [1.165, 1.54) is 38.5 Å². The summed E-state index contributed by atoms with van der Waals surface area (Å²) in [4.78, 5) is 11.7. The van der Waals surface area contributed by atoms with Crippen LogP contribution in [0.4, 0.5) is 0 Å². The van der Waals surface area contributed by atoms with E-state index in [0.29, 0.717) is 36.6 Å². The lowest BCUT2D eigenvalue weighted by Gasteiger charge is -2.19.